The highest BCUT2D eigenvalue weighted by atomic mass is 16.5. The molecular weight excluding hydrogens is 216 g/mol. The van der Waals surface area contributed by atoms with Gasteiger partial charge in [0.05, 0.1) is 5.69 Å². The normalized spacial score (nSPS) is 10.5. The van der Waals surface area contributed by atoms with Gasteiger partial charge in [-0.25, -0.2) is 0 Å². The lowest BCUT2D eigenvalue weighted by Crippen LogP contribution is -2.24. The molecule has 1 rings (SSSR count). The molecule has 0 unspecified atom stereocenters. The van der Waals surface area contributed by atoms with Gasteiger partial charge in [0.15, 0.2) is 0 Å². The van der Waals surface area contributed by atoms with Gasteiger partial charge < -0.3 is 9.84 Å². The van der Waals surface area contributed by atoms with Gasteiger partial charge in [-0.1, -0.05) is 24.9 Å². The number of carbonyl (C=O) groups excluding carboxylic acids is 1. The minimum Gasteiger partial charge on any atom is -0.361 e. The SMILES string of the molecule is CCCCCNC(=O)CCc1c(C)noc1C. The Bertz CT molecular complexity index is 339. The molecule has 0 fully saturated rings. The fraction of sp³-hybridized carbons (Fsp3) is 0.692. The van der Waals surface area contributed by atoms with Gasteiger partial charge in [0.1, 0.15) is 5.76 Å². The number of aromatic nitrogens is 1. The first-order valence-electron chi connectivity index (χ1n) is 6.33. The molecule has 4 nitrogen and oxygen atoms in total. The van der Waals surface area contributed by atoms with Gasteiger partial charge in [0, 0.05) is 18.5 Å². The molecule has 0 radical (unpaired) electrons. The van der Waals surface area contributed by atoms with Crippen molar-refractivity contribution in [2.75, 3.05) is 6.54 Å². The molecule has 0 aliphatic rings. The molecule has 0 saturated heterocycles. The lowest BCUT2D eigenvalue weighted by atomic mass is 10.1. The van der Waals surface area contributed by atoms with E-state index in [1.807, 2.05) is 13.8 Å². The van der Waals surface area contributed by atoms with E-state index in [-0.39, 0.29) is 5.91 Å². The second-order valence-corrected chi connectivity index (χ2v) is 4.36. The molecule has 1 aromatic rings. The zero-order valence-corrected chi connectivity index (χ0v) is 11.0. The Morgan fingerprint density at radius 3 is 2.71 bits per heavy atom. The van der Waals surface area contributed by atoms with E-state index in [1.54, 1.807) is 0 Å². The van der Waals surface area contributed by atoms with E-state index < -0.39 is 0 Å². The van der Waals surface area contributed by atoms with E-state index >= 15 is 0 Å². The van der Waals surface area contributed by atoms with Crippen LogP contribution in [0.1, 0.15) is 49.6 Å². The third-order valence-corrected chi connectivity index (χ3v) is 2.89. The van der Waals surface area contributed by atoms with E-state index in [0.717, 1.165) is 30.0 Å². The first-order chi connectivity index (χ1) is 8.15. The fourth-order valence-electron chi connectivity index (χ4n) is 1.79. The Morgan fingerprint density at radius 2 is 2.12 bits per heavy atom. The molecule has 0 atom stereocenters. The summed E-state index contributed by atoms with van der Waals surface area (Å²) >= 11 is 0. The minimum atomic E-state index is 0.112. The van der Waals surface area contributed by atoms with Gasteiger partial charge in [-0.3, -0.25) is 4.79 Å². The topological polar surface area (TPSA) is 55.1 Å². The minimum absolute atomic E-state index is 0.112. The molecule has 4 heteroatoms. The van der Waals surface area contributed by atoms with Crippen LogP contribution in [0.3, 0.4) is 0 Å². The number of hydrogen-bond donors (Lipinski definition) is 1. The summed E-state index contributed by atoms with van der Waals surface area (Å²) in [6.07, 6.45) is 4.63. The summed E-state index contributed by atoms with van der Waals surface area (Å²) in [6.45, 7) is 6.73. The third kappa shape index (κ3) is 4.59. The largest absolute Gasteiger partial charge is 0.361 e. The van der Waals surface area contributed by atoms with Crippen LogP contribution in [0.2, 0.25) is 0 Å². The van der Waals surface area contributed by atoms with E-state index in [9.17, 15) is 4.79 Å². The molecule has 1 N–H and O–H groups in total. The smallest absolute Gasteiger partial charge is 0.220 e. The van der Waals surface area contributed by atoms with Gasteiger partial charge in [-0.15, -0.1) is 0 Å². The standard InChI is InChI=1S/C13H22N2O2/c1-4-5-6-9-14-13(16)8-7-12-10(2)15-17-11(12)3/h4-9H2,1-3H3,(H,14,16). The quantitative estimate of drug-likeness (QED) is 0.743. The molecule has 96 valence electrons. The van der Waals surface area contributed by atoms with Crippen LogP contribution in [-0.2, 0) is 11.2 Å². The van der Waals surface area contributed by atoms with Crippen LogP contribution in [0.4, 0.5) is 0 Å². The molecule has 0 bridgehead atoms. The van der Waals surface area contributed by atoms with E-state index in [4.69, 9.17) is 4.52 Å². The van der Waals surface area contributed by atoms with Crippen LogP contribution in [0.15, 0.2) is 4.52 Å². The molecule has 0 aliphatic heterocycles. The Kier molecular flexibility index (Phi) is 5.73. The molecule has 1 aromatic heterocycles. The highest BCUT2D eigenvalue weighted by Gasteiger charge is 2.10. The van der Waals surface area contributed by atoms with Crippen LogP contribution < -0.4 is 5.32 Å². The van der Waals surface area contributed by atoms with Gasteiger partial charge in [-0.05, 0) is 26.7 Å². The number of aryl methyl sites for hydroxylation is 2. The van der Waals surface area contributed by atoms with E-state index in [2.05, 4.69) is 17.4 Å². The Balaban J connectivity index is 2.24. The predicted molar refractivity (Wildman–Crippen MR) is 66.8 cm³/mol. The van der Waals surface area contributed by atoms with Crippen LogP contribution in [0.5, 0.6) is 0 Å². The predicted octanol–water partition coefficient (Wildman–Crippen LogP) is 2.53. The number of nitrogens with one attached hydrogen (secondary N) is 1. The first-order valence-corrected chi connectivity index (χ1v) is 6.33. The van der Waals surface area contributed by atoms with E-state index in [1.165, 1.54) is 12.8 Å². The van der Waals surface area contributed by atoms with Crippen molar-refractivity contribution in [3.63, 3.8) is 0 Å². The lowest BCUT2D eigenvalue weighted by molar-refractivity contribution is -0.121. The molecule has 1 heterocycles. The number of nitrogens with zero attached hydrogens (tertiary/aromatic N) is 1. The Hall–Kier alpha value is -1.32. The zero-order valence-electron chi connectivity index (χ0n) is 11.0. The van der Waals surface area contributed by atoms with Crippen LogP contribution >= 0.6 is 0 Å². The van der Waals surface area contributed by atoms with Crippen molar-refractivity contribution in [3.8, 4) is 0 Å². The molecule has 17 heavy (non-hydrogen) atoms. The Labute approximate surface area is 103 Å². The van der Waals surface area contributed by atoms with Crippen molar-refractivity contribution < 1.29 is 9.32 Å². The summed E-state index contributed by atoms with van der Waals surface area (Å²) in [7, 11) is 0. The average molecular weight is 238 g/mol. The van der Waals surface area contributed by atoms with E-state index in [0.29, 0.717) is 12.8 Å². The maximum atomic E-state index is 11.6. The fourth-order valence-corrected chi connectivity index (χ4v) is 1.79. The number of unbranched alkanes of at least 4 members (excludes halogenated alkanes) is 2. The molecular formula is C13H22N2O2. The van der Waals surface area contributed by atoms with Crippen molar-refractivity contribution in [2.45, 2.75) is 52.9 Å². The number of amides is 1. The maximum Gasteiger partial charge on any atom is 0.220 e. The first kappa shape index (κ1) is 13.7. The number of hydrogen-bond acceptors (Lipinski definition) is 3. The maximum absolute atomic E-state index is 11.6. The zero-order chi connectivity index (χ0) is 12.7. The highest BCUT2D eigenvalue weighted by molar-refractivity contribution is 5.76. The number of rotatable bonds is 7. The average Bonchev–Trinajstić information content (AvgIpc) is 2.62. The molecule has 0 saturated carbocycles. The van der Waals surface area contributed by atoms with Crippen LogP contribution in [0, 0.1) is 13.8 Å². The molecule has 0 spiro atoms. The van der Waals surface area contributed by atoms with Crippen molar-refractivity contribution in [3.05, 3.63) is 17.0 Å². The summed E-state index contributed by atoms with van der Waals surface area (Å²) in [5.41, 5.74) is 1.95. The second-order valence-electron chi connectivity index (χ2n) is 4.36. The van der Waals surface area contributed by atoms with Crippen molar-refractivity contribution in [1.29, 1.82) is 0 Å². The lowest BCUT2D eigenvalue weighted by Gasteiger charge is -2.04. The van der Waals surface area contributed by atoms with Crippen molar-refractivity contribution in [2.24, 2.45) is 0 Å². The third-order valence-electron chi connectivity index (χ3n) is 2.89. The second kappa shape index (κ2) is 7.09. The van der Waals surface area contributed by atoms with Crippen molar-refractivity contribution in [1.82, 2.24) is 10.5 Å². The molecule has 0 aliphatic carbocycles. The van der Waals surface area contributed by atoms with Gasteiger partial charge in [0.25, 0.3) is 0 Å². The monoisotopic (exact) mass is 238 g/mol. The van der Waals surface area contributed by atoms with Gasteiger partial charge in [0.2, 0.25) is 5.91 Å². The summed E-state index contributed by atoms with van der Waals surface area (Å²) < 4.78 is 5.06. The Morgan fingerprint density at radius 1 is 1.35 bits per heavy atom. The summed E-state index contributed by atoms with van der Waals surface area (Å²) in [5.74, 6) is 0.933. The summed E-state index contributed by atoms with van der Waals surface area (Å²) in [6, 6.07) is 0. The van der Waals surface area contributed by atoms with Gasteiger partial charge in [-0.2, -0.15) is 0 Å². The molecule has 0 aromatic carbocycles. The highest BCUT2D eigenvalue weighted by Crippen LogP contribution is 2.14. The van der Waals surface area contributed by atoms with Gasteiger partial charge >= 0.3 is 0 Å². The number of carbonyl (C=O) groups is 1. The van der Waals surface area contributed by atoms with Crippen LogP contribution in [-0.4, -0.2) is 17.6 Å². The van der Waals surface area contributed by atoms with Crippen molar-refractivity contribution >= 4 is 5.91 Å². The summed E-state index contributed by atoms with van der Waals surface area (Å²) in [5, 5.41) is 6.80. The summed E-state index contributed by atoms with van der Waals surface area (Å²) in [4.78, 5) is 11.6. The van der Waals surface area contributed by atoms with Crippen LogP contribution in [0.25, 0.3) is 0 Å². The molecule has 1 amide bonds.